The van der Waals surface area contributed by atoms with Gasteiger partial charge in [0.25, 0.3) is 5.91 Å². The van der Waals surface area contributed by atoms with Crippen molar-refractivity contribution >= 4 is 22.0 Å². The molecular formula is C23H27NO6S. The van der Waals surface area contributed by atoms with Crippen molar-refractivity contribution in [3.05, 3.63) is 59.2 Å². The van der Waals surface area contributed by atoms with Crippen LogP contribution in [0.5, 0.6) is 5.75 Å². The molecule has 7 nitrogen and oxygen atoms in total. The van der Waals surface area contributed by atoms with E-state index in [4.69, 9.17) is 8.92 Å². The maximum absolute atomic E-state index is 12.9. The lowest BCUT2D eigenvalue weighted by molar-refractivity contribution is -0.143. The molecule has 3 rings (SSSR count). The Morgan fingerprint density at radius 3 is 2.35 bits per heavy atom. The van der Waals surface area contributed by atoms with Crippen LogP contribution in [-0.2, 0) is 19.6 Å². The van der Waals surface area contributed by atoms with Gasteiger partial charge in [-0.05, 0) is 81.0 Å². The molecule has 0 radical (unpaired) electrons. The molecule has 166 valence electrons. The van der Waals surface area contributed by atoms with Crippen LogP contribution in [0.1, 0.15) is 41.3 Å². The van der Waals surface area contributed by atoms with Crippen LogP contribution < -0.4 is 4.18 Å². The first-order valence-electron chi connectivity index (χ1n) is 10.3. The summed E-state index contributed by atoms with van der Waals surface area (Å²) in [4.78, 5) is 26.4. The molecule has 2 aromatic rings. The summed E-state index contributed by atoms with van der Waals surface area (Å²) in [5.41, 5.74) is 1.75. The molecule has 0 aliphatic heterocycles. The molecule has 1 amide bonds. The second kappa shape index (κ2) is 9.51. The molecule has 2 aromatic carbocycles. The molecule has 1 aliphatic carbocycles. The van der Waals surface area contributed by atoms with E-state index in [0.29, 0.717) is 23.6 Å². The monoisotopic (exact) mass is 445 g/mol. The van der Waals surface area contributed by atoms with Crippen LogP contribution in [0.25, 0.3) is 0 Å². The van der Waals surface area contributed by atoms with Crippen LogP contribution in [0, 0.1) is 19.8 Å². The van der Waals surface area contributed by atoms with Crippen molar-refractivity contribution in [1.82, 2.24) is 4.90 Å². The topological polar surface area (TPSA) is 90.0 Å². The van der Waals surface area contributed by atoms with Gasteiger partial charge in [-0.15, -0.1) is 0 Å². The number of aryl methyl sites for hydroxylation is 2. The summed E-state index contributed by atoms with van der Waals surface area (Å²) >= 11 is 0. The van der Waals surface area contributed by atoms with Gasteiger partial charge < -0.3 is 13.8 Å². The van der Waals surface area contributed by atoms with Crippen LogP contribution in [-0.4, -0.2) is 44.9 Å². The number of benzene rings is 2. The fraction of sp³-hybridized carbons (Fsp3) is 0.391. The Kier molecular flexibility index (Phi) is 7.00. The minimum Gasteiger partial charge on any atom is -0.465 e. The Balaban J connectivity index is 1.74. The van der Waals surface area contributed by atoms with E-state index in [1.165, 1.54) is 29.2 Å². The molecule has 31 heavy (non-hydrogen) atoms. The van der Waals surface area contributed by atoms with Crippen LogP contribution in [0.4, 0.5) is 0 Å². The number of carbonyl (C=O) groups is 2. The molecule has 0 unspecified atom stereocenters. The summed E-state index contributed by atoms with van der Waals surface area (Å²) in [6, 6.07) is 11.0. The molecule has 0 spiro atoms. The van der Waals surface area contributed by atoms with E-state index < -0.39 is 16.1 Å². The average molecular weight is 446 g/mol. The molecule has 1 saturated carbocycles. The lowest BCUT2D eigenvalue weighted by atomic mass is 10.2. The van der Waals surface area contributed by atoms with Crippen molar-refractivity contribution in [2.24, 2.45) is 5.92 Å². The summed E-state index contributed by atoms with van der Waals surface area (Å²) in [5.74, 6) is -0.236. The Morgan fingerprint density at radius 2 is 1.74 bits per heavy atom. The first kappa shape index (κ1) is 22.8. The zero-order valence-corrected chi connectivity index (χ0v) is 18.8. The fourth-order valence-electron chi connectivity index (χ4n) is 3.18. The summed E-state index contributed by atoms with van der Waals surface area (Å²) in [5, 5.41) is 0. The van der Waals surface area contributed by atoms with E-state index in [2.05, 4.69) is 0 Å². The van der Waals surface area contributed by atoms with Gasteiger partial charge in [0, 0.05) is 12.1 Å². The van der Waals surface area contributed by atoms with Gasteiger partial charge in [-0.25, -0.2) is 0 Å². The van der Waals surface area contributed by atoms with Crippen molar-refractivity contribution in [3.63, 3.8) is 0 Å². The zero-order valence-electron chi connectivity index (χ0n) is 18.0. The summed E-state index contributed by atoms with van der Waals surface area (Å²) in [7, 11) is -4.00. The first-order valence-corrected chi connectivity index (χ1v) is 11.7. The van der Waals surface area contributed by atoms with Crippen molar-refractivity contribution in [1.29, 1.82) is 0 Å². The van der Waals surface area contributed by atoms with Crippen LogP contribution in [0.3, 0.4) is 0 Å². The average Bonchev–Trinajstić information content (AvgIpc) is 3.53. The minimum atomic E-state index is -4.00. The van der Waals surface area contributed by atoms with Crippen molar-refractivity contribution in [2.75, 3.05) is 19.7 Å². The Labute approximate surface area is 183 Å². The van der Waals surface area contributed by atoms with Gasteiger partial charge in [0.2, 0.25) is 0 Å². The Bertz CT molecular complexity index is 1060. The predicted molar refractivity (Wildman–Crippen MR) is 115 cm³/mol. The summed E-state index contributed by atoms with van der Waals surface area (Å²) in [6.45, 7) is 5.87. The number of ether oxygens (including phenoxy) is 1. The van der Waals surface area contributed by atoms with Crippen LogP contribution in [0.2, 0.25) is 0 Å². The second-order valence-corrected chi connectivity index (χ2v) is 9.28. The number of hydrogen-bond donors (Lipinski definition) is 0. The molecule has 0 N–H and O–H groups in total. The van der Waals surface area contributed by atoms with Gasteiger partial charge in [0.15, 0.2) is 0 Å². The highest BCUT2D eigenvalue weighted by Gasteiger charge is 2.29. The molecule has 0 aromatic heterocycles. The third-order valence-electron chi connectivity index (χ3n) is 5.01. The first-order chi connectivity index (χ1) is 14.7. The number of amides is 1. The smallest absolute Gasteiger partial charge is 0.339 e. The Hall–Kier alpha value is -2.87. The standard InChI is InChI=1S/C23H27NO6S/c1-4-29-22(25)15-24(14-18-7-8-18)23(26)19-9-11-20(12-10-19)30-31(27,28)21-13-16(2)5-6-17(21)3/h5-6,9-13,18H,4,7-8,14-15H2,1-3H3. The summed E-state index contributed by atoms with van der Waals surface area (Å²) < 4.78 is 35.6. The largest absolute Gasteiger partial charge is 0.465 e. The number of esters is 1. The number of nitrogens with zero attached hydrogens (tertiary/aromatic N) is 1. The second-order valence-electron chi connectivity index (χ2n) is 7.76. The van der Waals surface area contributed by atoms with Gasteiger partial charge in [0.1, 0.15) is 17.2 Å². The Morgan fingerprint density at radius 1 is 1.06 bits per heavy atom. The number of carbonyl (C=O) groups excluding carboxylic acids is 2. The molecule has 8 heteroatoms. The van der Waals surface area contributed by atoms with E-state index in [0.717, 1.165) is 18.4 Å². The molecule has 1 fully saturated rings. The van der Waals surface area contributed by atoms with Gasteiger partial charge in [-0.1, -0.05) is 12.1 Å². The molecule has 0 atom stereocenters. The third-order valence-corrected chi connectivity index (χ3v) is 6.40. The van der Waals surface area contributed by atoms with E-state index in [9.17, 15) is 18.0 Å². The van der Waals surface area contributed by atoms with E-state index in [-0.39, 0.29) is 29.7 Å². The number of rotatable bonds is 9. The normalized spacial score (nSPS) is 13.5. The zero-order chi connectivity index (χ0) is 22.6. The van der Waals surface area contributed by atoms with Gasteiger partial charge in [0.05, 0.1) is 6.61 Å². The molecule has 0 saturated heterocycles. The predicted octanol–water partition coefficient (Wildman–Crippen LogP) is 3.49. The van der Waals surface area contributed by atoms with E-state index in [1.54, 1.807) is 26.0 Å². The van der Waals surface area contributed by atoms with Gasteiger partial charge in [-0.3, -0.25) is 9.59 Å². The van der Waals surface area contributed by atoms with Crippen LogP contribution >= 0.6 is 0 Å². The highest BCUT2D eigenvalue weighted by molar-refractivity contribution is 7.87. The molecule has 0 bridgehead atoms. The minimum absolute atomic E-state index is 0.108. The number of hydrogen-bond acceptors (Lipinski definition) is 6. The van der Waals surface area contributed by atoms with Crippen molar-refractivity contribution in [2.45, 2.75) is 38.5 Å². The molecule has 1 aliphatic rings. The van der Waals surface area contributed by atoms with Gasteiger partial charge >= 0.3 is 16.1 Å². The lowest BCUT2D eigenvalue weighted by Crippen LogP contribution is -2.38. The third kappa shape index (κ3) is 6.07. The lowest BCUT2D eigenvalue weighted by Gasteiger charge is -2.21. The quantitative estimate of drug-likeness (QED) is 0.434. The molecular weight excluding hydrogens is 418 g/mol. The van der Waals surface area contributed by atoms with Crippen molar-refractivity contribution in [3.8, 4) is 5.75 Å². The summed E-state index contributed by atoms with van der Waals surface area (Å²) in [6.07, 6.45) is 2.07. The fourth-order valence-corrected chi connectivity index (χ4v) is 4.42. The highest BCUT2D eigenvalue weighted by Crippen LogP contribution is 2.30. The van der Waals surface area contributed by atoms with Crippen LogP contribution in [0.15, 0.2) is 47.4 Å². The van der Waals surface area contributed by atoms with Gasteiger partial charge in [-0.2, -0.15) is 8.42 Å². The maximum atomic E-state index is 12.9. The van der Waals surface area contributed by atoms with E-state index >= 15 is 0 Å². The molecule has 0 heterocycles. The highest BCUT2D eigenvalue weighted by atomic mass is 32.2. The van der Waals surface area contributed by atoms with Crippen molar-refractivity contribution < 1.29 is 26.9 Å². The van der Waals surface area contributed by atoms with E-state index in [1.807, 2.05) is 13.0 Å². The maximum Gasteiger partial charge on any atom is 0.339 e. The SMILES string of the molecule is CCOC(=O)CN(CC1CC1)C(=O)c1ccc(OS(=O)(=O)c2cc(C)ccc2C)cc1.